The third kappa shape index (κ3) is 3.33. The fraction of sp³-hybridized carbons (Fsp3) is 0.917. The standard InChI is InChI=1S/C12H18F3NO4S/c13-12(14,15)8-4-6-16(7-5-8)21(19,20)10-3-1-2-9(10)11(17)18/h8-10H,1-7H2,(H,17,18). The van der Waals surface area contributed by atoms with Crippen molar-refractivity contribution in [1.82, 2.24) is 4.31 Å². The molecule has 2 atom stereocenters. The van der Waals surface area contributed by atoms with E-state index in [2.05, 4.69) is 0 Å². The monoisotopic (exact) mass is 329 g/mol. The molecule has 0 aromatic carbocycles. The minimum atomic E-state index is -4.30. The first-order valence-corrected chi connectivity index (χ1v) is 8.43. The van der Waals surface area contributed by atoms with Crippen molar-refractivity contribution in [3.63, 3.8) is 0 Å². The Balaban J connectivity index is 2.07. The Hall–Kier alpha value is -0.830. The van der Waals surface area contributed by atoms with Gasteiger partial charge in [-0.1, -0.05) is 6.42 Å². The lowest BCUT2D eigenvalue weighted by Crippen LogP contribution is -2.47. The predicted molar refractivity (Wildman–Crippen MR) is 68.0 cm³/mol. The van der Waals surface area contributed by atoms with Crippen LogP contribution in [0.4, 0.5) is 13.2 Å². The summed E-state index contributed by atoms with van der Waals surface area (Å²) in [7, 11) is -3.84. The average Bonchev–Trinajstić information content (AvgIpc) is 2.88. The molecule has 1 saturated carbocycles. The van der Waals surface area contributed by atoms with Crippen LogP contribution < -0.4 is 0 Å². The van der Waals surface area contributed by atoms with Gasteiger partial charge in [0.25, 0.3) is 0 Å². The van der Waals surface area contributed by atoms with Gasteiger partial charge in [-0.25, -0.2) is 12.7 Å². The predicted octanol–water partition coefficient (Wildman–Crippen LogP) is 1.84. The molecule has 122 valence electrons. The molecule has 0 aromatic rings. The molecule has 0 spiro atoms. The van der Waals surface area contributed by atoms with Crippen molar-refractivity contribution in [2.75, 3.05) is 13.1 Å². The van der Waals surface area contributed by atoms with Crippen molar-refractivity contribution in [3.05, 3.63) is 0 Å². The van der Waals surface area contributed by atoms with Crippen molar-refractivity contribution < 1.29 is 31.5 Å². The molecule has 1 N–H and O–H groups in total. The molecule has 1 aliphatic carbocycles. The fourth-order valence-electron chi connectivity index (χ4n) is 3.19. The highest BCUT2D eigenvalue weighted by molar-refractivity contribution is 7.89. The van der Waals surface area contributed by atoms with Gasteiger partial charge in [-0.15, -0.1) is 0 Å². The SMILES string of the molecule is O=C(O)C1CCCC1S(=O)(=O)N1CCC(C(F)(F)F)CC1. The summed E-state index contributed by atoms with van der Waals surface area (Å²) in [5.41, 5.74) is 0. The number of hydrogen-bond acceptors (Lipinski definition) is 3. The highest BCUT2D eigenvalue weighted by Crippen LogP contribution is 2.38. The number of nitrogens with zero attached hydrogens (tertiary/aromatic N) is 1. The van der Waals surface area contributed by atoms with E-state index >= 15 is 0 Å². The van der Waals surface area contributed by atoms with Crippen molar-refractivity contribution in [1.29, 1.82) is 0 Å². The highest BCUT2D eigenvalue weighted by Gasteiger charge is 2.47. The number of halogens is 3. The van der Waals surface area contributed by atoms with E-state index in [9.17, 15) is 26.4 Å². The summed E-state index contributed by atoms with van der Waals surface area (Å²) in [6, 6.07) is 0. The van der Waals surface area contributed by atoms with Crippen LogP contribution in [0.1, 0.15) is 32.1 Å². The van der Waals surface area contributed by atoms with Gasteiger partial charge in [-0.3, -0.25) is 4.79 Å². The number of aliphatic carboxylic acids is 1. The maximum atomic E-state index is 12.6. The minimum absolute atomic E-state index is 0.185. The largest absolute Gasteiger partial charge is 0.481 e. The summed E-state index contributed by atoms with van der Waals surface area (Å²) >= 11 is 0. The molecule has 21 heavy (non-hydrogen) atoms. The number of alkyl halides is 3. The van der Waals surface area contributed by atoms with E-state index in [-0.39, 0.29) is 32.4 Å². The molecule has 0 radical (unpaired) electrons. The van der Waals surface area contributed by atoms with E-state index < -0.39 is 39.3 Å². The molecule has 1 heterocycles. The van der Waals surface area contributed by atoms with E-state index in [1.54, 1.807) is 0 Å². The Bertz CT molecular complexity index is 497. The first-order chi connectivity index (χ1) is 9.64. The van der Waals surface area contributed by atoms with Crippen molar-refractivity contribution in [3.8, 4) is 0 Å². The van der Waals surface area contributed by atoms with Crippen LogP contribution in [0.5, 0.6) is 0 Å². The van der Waals surface area contributed by atoms with Gasteiger partial charge in [-0.2, -0.15) is 13.2 Å². The van der Waals surface area contributed by atoms with Gasteiger partial charge >= 0.3 is 12.1 Å². The number of sulfonamides is 1. The average molecular weight is 329 g/mol. The van der Waals surface area contributed by atoms with Gasteiger partial charge < -0.3 is 5.11 Å². The summed E-state index contributed by atoms with van der Waals surface area (Å²) < 4.78 is 63.7. The molecular formula is C12H18F3NO4S. The van der Waals surface area contributed by atoms with Crippen LogP contribution in [0.3, 0.4) is 0 Å². The third-order valence-corrected chi connectivity index (χ3v) is 6.84. The number of piperidine rings is 1. The zero-order valence-electron chi connectivity index (χ0n) is 11.3. The van der Waals surface area contributed by atoms with Crippen LogP contribution in [0.15, 0.2) is 0 Å². The second-order valence-corrected chi connectivity index (χ2v) is 7.83. The zero-order chi connectivity index (χ0) is 15.8. The van der Waals surface area contributed by atoms with Gasteiger partial charge in [-0.05, 0) is 25.7 Å². The molecule has 0 amide bonds. The van der Waals surface area contributed by atoms with E-state index in [1.807, 2.05) is 0 Å². The first-order valence-electron chi connectivity index (χ1n) is 6.92. The van der Waals surface area contributed by atoms with Crippen LogP contribution in [0, 0.1) is 11.8 Å². The lowest BCUT2D eigenvalue weighted by Gasteiger charge is -2.34. The highest BCUT2D eigenvalue weighted by atomic mass is 32.2. The molecular weight excluding hydrogens is 311 g/mol. The summed E-state index contributed by atoms with van der Waals surface area (Å²) in [5, 5.41) is 8.06. The Kier molecular flexibility index (Phi) is 4.53. The van der Waals surface area contributed by atoms with Gasteiger partial charge in [0.1, 0.15) is 0 Å². The van der Waals surface area contributed by atoms with Gasteiger partial charge in [0, 0.05) is 13.1 Å². The van der Waals surface area contributed by atoms with Crippen LogP contribution in [0.2, 0.25) is 0 Å². The van der Waals surface area contributed by atoms with Gasteiger partial charge in [0.15, 0.2) is 0 Å². The molecule has 1 aliphatic heterocycles. The van der Waals surface area contributed by atoms with Crippen LogP contribution in [-0.4, -0.2) is 48.3 Å². The molecule has 1 saturated heterocycles. The van der Waals surface area contributed by atoms with Crippen LogP contribution >= 0.6 is 0 Å². The lowest BCUT2D eigenvalue weighted by atomic mass is 9.98. The first kappa shape index (κ1) is 16.5. The van der Waals surface area contributed by atoms with E-state index in [1.165, 1.54) is 0 Å². The Labute approximate surface area is 121 Å². The number of rotatable bonds is 3. The van der Waals surface area contributed by atoms with Crippen molar-refractivity contribution in [2.45, 2.75) is 43.5 Å². The minimum Gasteiger partial charge on any atom is -0.481 e. The molecule has 0 bridgehead atoms. The molecule has 2 aliphatic rings. The normalized spacial score (nSPS) is 29.7. The summed E-state index contributed by atoms with van der Waals surface area (Å²) in [5.74, 6) is -3.57. The molecule has 5 nitrogen and oxygen atoms in total. The van der Waals surface area contributed by atoms with Crippen molar-refractivity contribution in [2.24, 2.45) is 11.8 Å². The number of carbonyl (C=O) groups is 1. The van der Waals surface area contributed by atoms with Crippen molar-refractivity contribution >= 4 is 16.0 Å². The Morgan fingerprint density at radius 1 is 1.10 bits per heavy atom. The number of carboxylic acid groups (broad SMARTS) is 1. The Morgan fingerprint density at radius 2 is 1.67 bits per heavy atom. The van der Waals surface area contributed by atoms with Crippen LogP contribution in [0.25, 0.3) is 0 Å². The molecule has 2 rings (SSSR count). The van der Waals surface area contributed by atoms with E-state index in [4.69, 9.17) is 5.11 Å². The second-order valence-electron chi connectivity index (χ2n) is 5.67. The maximum absolute atomic E-state index is 12.6. The summed E-state index contributed by atoms with van der Waals surface area (Å²) in [4.78, 5) is 11.1. The summed E-state index contributed by atoms with van der Waals surface area (Å²) in [6.45, 7) is -0.370. The lowest BCUT2D eigenvalue weighted by molar-refractivity contribution is -0.182. The molecule has 0 aromatic heterocycles. The molecule has 2 unspecified atom stereocenters. The molecule has 9 heteroatoms. The topological polar surface area (TPSA) is 74.7 Å². The second kappa shape index (κ2) is 5.75. The van der Waals surface area contributed by atoms with Crippen LogP contribution in [-0.2, 0) is 14.8 Å². The maximum Gasteiger partial charge on any atom is 0.391 e. The van der Waals surface area contributed by atoms with E-state index in [0.29, 0.717) is 12.8 Å². The third-order valence-electron chi connectivity index (χ3n) is 4.43. The van der Waals surface area contributed by atoms with Gasteiger partial charge in [0.2, 0.25) is 10.0 Å². The summed E-state index contributed by atoms with van der Waals surface area (Å²) in [6.07, 6.45) is -3.73. The Morgan fingerprint density at radius 3 is 2.14 bits per heavy atom. The van der Waals surface area contributed by atoms with E-state index in [0.717, 1.165) is 4.31 Å². The van der Waals surface area contributed by atoms with Gasteiger partial charge in [0.05, 0.1) is 17.1 Å². The number of carboxylic acids is 1. The quantitative estimate of drug-likeness (QED) is 0.857. The smallest absolute Gasteiger partial charge is 0.391 e. The number of hydrogen-bond donors (Lipinski definition) is 1. The fourth-order valence-corrected chi connectivity index (χ4v) is 5.43. The molecule has 2 fully saturated rings. The zero-order valence-corrected chi connectivity index (χ0v) is 12.2.